The lowest BCUT2D eigenvalue weighted by Crippen LogP contribution is -3.00. The highest BCUT2D eigenvalue weighted by molar-refractivity contribution is 4.48. The van der Waals surface area contributed by atoms with E-state index in [1.807, 2.05) is 0 Å². The summed E-state index contributed by atoms with van der Waals surface area (Å²) in [5.41, 5.74) is 0. The van der Waals surface area contributed by atoms with E-state index in [9.17, 15) is 0 Å². The lowest BCUT2D eigenvalue weighted by molar-refractivity contribution is -0.762. The Bertz CT molecular complexity index is 180. The first kappa shape index (κ1) is 23.4. The van der Waals surface area contributed by atoms with Gasteiger partial charge in [0, 0.05) is 0 Å². The van der Waals surface area contributed by atoms with Crippen molar-refractivity contribution in [3.63, 3.8) is 0 Å². The fraction of sp³-hybridized carbons (Fsp3) is 1.00. The molecule has 0 aromatic rings. The summed E-state index contributed by atoms with van der Waals surface area (Å²) in [5.74, 6) is 0. The van der Waals surface area contributed by atoms with Crippen LogP contribution in [-0.4, -0.2) is 23.2 Å². The van der Waals surface area contributed by atoms with Crippen LogP contribution in [0.15, 0.2) is 0 Å². The van der Waals surface area contributed by atoms with Gasteiger partial charge in [-0.3, -0.25) is 5.32 Å². The summed E-state index contributed by atoms with van der Waals surface area (Å²) in [6.07, 6.45) is 17.8. The van der Waals surface area contributed by atoms with Crippen LogP contribution in [0.25, 0.3) is 0 Å². The van der Waals surface area contributed by atoms with E-state index < -0.39 is 6.41 Å². The minimum atomic E-state index is -1.23. The Kier molecular flexibility index (Phi) is 22.5. The number of aliphatic hydroxyl groups excluding tert-OH is 1. The molecule has 3 nitrogen and oxygen atoms in total. The van der Waals surface area contributed by atoms with Crippen LogP contribution in [0.5, 0.6) is 0 Å². The van der Waals surface area contributed by atoms with Crippen LogP contribution < -0.4 is 17.7 Å². The average Bonchev–Trinajstić information content (AvgIpc) is 2.43. The van der Waals surface area contributed by atoms with Crippen LogP contribution in [-0.2, 0) is 0 Å². The third-order valence-corrected chi connectivity index (χ3v) is 3.94. The number of halogens is 1. The number of nitrogens with two attached hydrogens (primary N) is 1. The molecule has 0 radical (unpaired) electrons. The molecule has 0 saturated carbocycles. The molecule has 130 valence electrons. The van der Waals surface area contributed by atoms with Gasteiger partial charge in [0.2, 0.25) is 0 Å². The monoisotopic (exact) mass is 323 g/mol. The predicted molar refractivity (Wildman–Crippen MR) is 85.3 cm³/mol. The van der Waals surface area contributed by atoms with Crippen LogP contribution in [0.1, 0.15) is 96.8 Å². The minimum Gasteiger partial charge on any atom is -1.00 e. The number of quaternary nitrogens is 1. The van der Waals surface area contributed by atoms with E-state index >= 15 is 0 Å². The summed E-state index contributed by atoms with van der Waals surface area (Å²) < 4.78 is 0. The summed E-state index contributed by atoms with van der Waals surface area (Å²) in [6, 6.07) is 0. The number of hydrogen-bond donors (Lipinski definition) is 3. The maximum absolute atomic E-state index is 8.66. The second-order valence-corrected chi connectivity index (χ2v) is 6.03. The molecule has 0 rings (SSSR count). The molecule has 0 aromatic heterocycles. The molecule has 0 amide bonds. The van der Waals surface area contributed by atoms with Gasteiger partial charge in [0.1, 0.15) is 0 Å². The van der Waals surface area contributed by atoms with Crippen LogP contribution in [0.2, 0.25) is 0 Å². The van der Waals surface area contributed by atoms with Crippen LogP contribution in [0.3, 0.4) is 0 Å². The topological polar surface area (TPSA) is 57.1 Å². The Morgan fingerprint density at radius 2 is 0.952 bits per heavy atom. The van der Waals surface area contributed by atoms with Gasteiger partial charge in [-0.2, -0.15) is 0 Å². The standard InChI is InChI=1S/C17H37NO2.ClH/c1-2-3-4-5-6-7-8-9-10-11-12-13-14-15-16-18-17(19)20;/h17-20H,2-16H2,1H3;1H. The normalized spacial score (nSPS) is 10.9. The molecule has 4 N–H and O–H groups in total. The van der Waals surface area contributed by atoms with Crippen LogP contribution in [0.4, 0.5) is 0 Å². The first-order valence-corrected chi connectivity index (χ1v) is 8.97. The second-order valence-electron chi connectivity index (χ2n) is 6.03. The zero-order valence-electron chi connectivity index (χ0n) is 14.0. The molecule has 0 aromatic carbocycles. The lowest BCUT2D eigenvalue weighted by Gasteiger charge is -2.04. The quantitative estimate of drug-likeness (QED) is 0.283. The molecule has 21 heavy (non-hydrogen) atoms. The van der Waals surface area contributed by atoms with Gasteiger partial charge >= 0.3 is 6.41 Å². The molecule has 0 atom stereocenters. The van der Waals surface area contributed by atoms with Crippen molar-refractivity contribution >= 4 is 0 Å². The van der Waals surface area contributed by atoms with Crippen molar-refractivity contribution in [2.75, 3.05) is 6.54 Å². The number of aliphatic hydroxyl groups is 2. The van der Waals surface area contributed by atoms with Gasteiger partial charge in [0.25, 0.3) is 0 Å². The average molecular weight is 324 g/mol. The molecule has 4 heteroatoms. The maximum atomic E-state index is 8.66. The van der Waals surface area contributed by atoms with E-state index in [1.54, 1.807) is 5.32 Å². The van der Waals surface area contributed by atoms with Crippen molar-refractivity contribution in [2.45, 2.75) is 103 Å². The second kappa shape index (κ2) is 20.2. The molecular weight excluding hydrogens is 286 g/mol. The lowest BCUT2D eigenvalue weighted by atomic mass is 10.0. The van der Waals surface area contributed by atoms with E-state index in [4.69, 9.17) is 10.2 Å². The van der Waals surface area contributed by atoms with Crippen molar-refractivity contribution in [3.8, 4) is 0 Å². The van der Waals surface area contributed by atoms with Gasteiger partial charge in [0.15, 0.2) is 0 Å². The molecule has 0 heterocycles. The zero-order valence-corrected chi connectivity index (χ0v) is 14.8. The van der Waals surface area contributed by atoms with Crippen molar-refractivity contribution in [1.82, 2.24) is 0 Å². The van der Waals surface area contributed by atoms with Gasteiger partial charge < -0.3 is 22.6 Å². The van der Waals surface area contributed by atoms with Gasteiger partial charge in [-0.1, -0.05) is 84.0 Å². The van der Waals surface area contributed by atoms with E-state index in [0.717, 1.165) is 13.0 Å². The van der Waals surface area contributed by atoms with Gasteiger partial charge in [-0.05, 0) is 12.8 Å². The molecule has 0 unspecified atom stereocenters. The smallest absolute Gasteiger partial charge is 0.300 e. The third kappa shape index (κ3) is 22.6. The summed E-state index contributed by atoms with van der Waals surface area (Å²) >= 11 is 0. The highest BCUT2D eigenvalue weighted by Gasteiger charge is 1.98. The third-order valence-electron chi connectivity index (χ3n) is 3.94. The van der Waals surface area contributed by atoms with E-state index in [2.05, 4.69) is 6.92 Å². The van der Waals surface area contributed by atoms with Crippen molar-refractivity contribution in [3.05, 3.63) is 0 Å². The molecule has 0 fully saturated rings. The number of rotatable bonds is 16. The predicted octanol–water partition coefficient (Wildman–Crippen LogP) is 0.303. The Labute approximate surface area is 138 Å². The Balaban J connectivity index is 0. The van der Waals surface area contributed by atoms with E-state index in [1.165, 1.54) is 83.5 Å². The van der Waals surface area contributed by atoms with E-state index in [-0.39, 0.29) is 12.4 Å². The molecule has 0 spiro atoms. The Morgan fingerprint density at radius 1 is 0.619 bits per heavy atom. The molecular formula is C17H38ClNO2. The van der Waals surface area contributed by atoms with Gasteiger partial charge in [-0.25, -0.2) is 0 Å². The van der Waals surface area contributed by atoms with Gasteiger partial charge in [0.05, 0.1) is 6.54 Å². The highest BCUT2D eigenvalue weighted by atomic mass is 35.5. The van der Waals surface area contributed by atoms with Crippen molar-refractivity contribution in [1.29, 1.82) is 0 Å². The largest absolute Gasteiger partial charge is 1.00 e. The first-order chi connectivity index (χ1) is 9.77. The summed E-state index contributed by atoms with van der Waals surface area (Å²) in [6.45, 7) is 3.10. The fourth-order valence-electron chi connectivity index (χ4n) is 2.61. The molecule has 0 aliphatic rings. The van der Waals surface area contributed by atoms with Crippen molar-refractivity contribution < 1.29 is 27.9 Å². The fourth-order valence-corrected chi connectivity index (χ4v) is 2.61. The van der Waals surface area contributed by atoms with Crippen LogP contribution in [0, 0.1) is 0 Å². The molecule has 0 aliphatic carbocycles. The highest BCUT2D eigenvalue weighted by Crippen LogP contribution is 2.12. The molecule has 0 saturated heterocycles. The van der Waals surface area contributed by atoms with E-state index in [0.29, 0.717) is 0 Å². The SMILES string of the molecule is CCCCCCCCCCCCCCCC[NH2+]C(O)O.[Cl-]. The first-order valence-electron chi connectivity index (χ1n) is 8.97. The molecule has 0 bridgehead atoms. The zero-order chi connectivity index (χ0) is 14.9. The molecule has 0 aliphatic heterocycles. The Morgan fingerprint density at radius 3 is 1.29 bits per heavy atom. The van der Waals surface area contributed by atoms with Crippen molar-refractivity contribution in [2.24, 2.45) is 0 Å². The summed E-state index contributed by atoms with van der Waals surface area (Å²) in [4.78, 5) is 0. The number of unbranched alkanes of at least 4 members (excludes halogenated alkanes) is 13. The van der Waals surface area contributed by atoms with Gasteiger partial charge in [-0.15, -0.1) is 0 Å². The van der Waals surface area contributed by atoms with Crippen LogP contribution >= 0.6 is 0 Å². The summed E-state index contributed by atoms with van der Waals surface area (Å²) in [5, 5.41) is 18.9. The summed E-state index contributed by atoms with van der Waals surface area (Å²) in [7, 11) is 0. The Hall–Kier alpha value is 0.170. The minimum absolute atomic E-state index is 0. The number of hydrogen-bond acceptors (Lipinski definition) is 2. The maximum Gasteiger partial charge on any atom is 0.300 e.